The molecule has 0 radical (unpaired) electrons. The summed E-state index contributed by atoms with van der Waals surface area (Å²) in [6, 6.07) is 11.9. The van der Waals surface area contributed by atoms with Gasteiger partial charge < -0.3 is 25.8 Å². The molecule has 0 aliphatic heterocycles. The van der Waals surface area contributed by atoms with Crippen LogP contribution < -0.4 is 21.1 Å². The first-order chi connectivity index (χ1) is 12.0. The van der Waals surface area contributed by atoms with Crippen molar-refractivity contribution in [3.05, 3.63) is 54.1 Å². The molecule has 0 bridgehead atoms. The van der Waals surface area contributed by atoms with Gasteiger partial charge in [0.05, 0.1) is 6.61 Å². The normalized spacial score (nSPS) is 9.80. The minimum Gasteiger partial charge on any atom is -0.434 e. The van der Waals surface area contributed by atoms with Gasteiger partial charge >= 0.3 is 12.2 Å². The lowest BCUT2D eigenvalue weighted by Crippen LogP contribution is -2.19. The summed E-state index contributed by atoms with van der Waals surface area (Å²) >= 11 is 0. The third kappa shape index (κ3) is 5.54. The molecule has 0 unspecified atom stereocenters. The second-order valence-corrected chi connectivity index (χ2v) is 4.83. The maximum Gasteiger partial charge on any atom is 0.513 e. The van der Waals surface area contributed by atoms with E-state index in [9.17, 15) is 14.4 Å². The molecular weight excluding hydrogens is 326 g/mol. The first-order valence-electron chi connectivity index (χ1n) is 7.40. The predicted molar refractivity (Wildman–Crippen MR) is 91.7 cm³/mol. The highest BCUT2D eigenvalue weighted by atomic mass is 16.7. The Bertz CT molecular complexity index is 757. The number of nitrogens with one attached hydrogen (secondary N) is 2. The first kappa shape index (κ1) is 17.8. The summed E-state index contributed by atoms with van der Waals surface area (Å²) in [7, 11) is 0. The Morgan fingerprint density at radius 1 is 0.920 bits per heavy atom. The Balaban J connectivity index is 1.89. The molecule has 2 aromatic carbocycles. The van der Waals surface area contributed by atoms with Gasteiger partial charge in [0.2, 0.25) is 5.91 Å². The Labute approximate surface area is 143 Å². The molecule has 0 aliphatic carbocycles. The largest absolute Gasteiger partial charge is 0.513 e. The van der Waals surface area contributed by atoms with Crippen LogP contribution in [0, 0.1) is 0 Å². The number of ether oxygens (including phenoxy) is 2. The molecule has 3 amide bonds. The van der Waals surface area contributed by atoms with E-state index >= 15 is 0 Å². The van der Waals surface area contributed by atoms with Crippen LogP contribution >= 0.6 is 0 Å². The molecule has 0 fully saturated rings. The Morgan fingerprint density at radius 3 is 1.92 bits per heavy atom. The number of benzene rings is 2. The van der Waals surface area contributed by atoms with Crippen molar-refractivity contribution in [3.8, 4) is 5.75 Å². The van der Waals surface area contributed by atoms with Crippen molar-refractivity contribution >= 4 is 29.5 Å². The van der Waals surface area contributed by atoms with E-state index in [-0.39, 0.29) is 6.61 Å². The van der Waals surface area contributed by atoms with E-state index < -0.39 is 18.1 Å². The molecule has 25 heavy (non-hydrogen) atoms. The molecule has 0 aliphatic rings. The number of primary amides is 1. The van der Waals surface area contributed by atoms with E-state index in [1.165, 1.54) is 24.3 Å². The van der Waals surface area contributed by atoms with Crippen molar-refractivity contribution in [1.82, 2.24) is 0 Å². The highest BCUT2D eigenvalue weighted by Crippen LogP contribution is 2.17. The standard InChI is InChI=1S/C17H17N3O5/c1-2-24-17(23)25-14-9-7-13(8-10-14)20-16(22)19-12-5-3-11(4-6-12)15(18)21/h3-10H,2H2,1H3,(H2,18,21)(H2,19,20,22). The summed E-state index contributed by atoms with van der Waals surface area (Å²) < 4.78 is 9.57. The second-order valence-electron chi connectivity index (χ2n) is 4.83. The molecule has 2 aromatic rings. The fourth-order valence-corrected chi connectivity index (χ4v) is 1.86. The van der Waals surface area contributed by atoms with Gasteiger partial charge in [-0.15, -0.1) is 0 Å². The molecule has 0 saturated carbocycles. The fourth-order valence-electron chi connectivity index (χ4n) is 1.86. The number of hydrogen-bond donors (Lipinski definition) is 3. The SMILES string of the molecule is CCOC(=O)Oc1ccc(NC(=O)Nc2ccc(C(N)=O)cc2)cc1. The number of hydrogen-bond acceptors (Lipinski definition) is 5. The lowest BCUT2D eigenvalue weighted by molar-refractivity contribution is 0.0998. The van der Waals surface area contributed by atoms with Crippen molar-refractivity contribution in [2.75, 3.05) is 17.2 Å². The average molecular weight is 343 g/mol. The van der Waals surface area contributed by atoms with Gasteiger partial charge in [-0.1, -0.05) is 0 Å². The molecular formula is C17H17N3O5. The van der Waals surface area contributed by atoms with Crippen LogP contribution in [0.5, 0.6) is 5.75 Å². The minimum atomic E-state index is -0.791. The number of urea groups is 1. The lowest BCUT2D eigenvalue weighted by atomic mass is 10.2. The number of rotatable bonds is 5. The lowest BCUT2D eigenvalue weighted by Gasteiger charge is -2.09. The molecule has 0 heterocycles. The molecule has 0 spiro atoms. The van der Waals surface area contributed by atoms with Gasteiger partial charge in [0, 0.05) is 16.9 Å². The summed E-state index contributed by atoms with van der Waals surface area (Å²) in [5.74, 6) is -0.243. The van der Waals surface area contributed by atoms with E-state index in [1.807, 2.05) is 0 Å². The first-order valence-corrected chi connectivity index (χ1v) is 7.40. The predicted octanol–water partition coefficient (Wildman–Crippen LogP) is 2.96. The van der Waals surface area contributed by atoms with Crippen molar-refractivity contribution < 1.29 is 23.9 Å². The van der Waals surface area contributed by atoms with Crippen LogP contribution in [0.2, 0.25) is 0 Å². The van der Waals surface area contributed by atoms with Crippen molar-refractivity contribution in [2.24, 2.45) is 5.73 Å². The van der Waals surface area contributed by atoms with Gasteiger partial charge in [0.15, 0.2) is 0 Å². The summed E-state index contributed by atoms with van der Waals surface area (Å²) in [6.07, 6.45) is -0.791. The van der Waals surface area contributed by atoms with Gasteiger partial charge in [0.1, 0.15) is 5.75 Å². The quantitative estimate of drug-likeness (QED) is 0.569. The fraction of sp³-hybridized carbons (Fsp3) is 0.118. The number of carbonyl (C=O) groups is 3. The van der Waals surface area contributed by atoms with E-state index in [1.54, 1.807) is 31.2 Å². The number of amides is 3. The van der Waals surface area contributed by atoms with Crippen molar-refractivity contribution in [2.45, 2.75) is 6.92 Å². The highest BCUT2D eigenvalue weighted by molar-refractivity contribution is 6.00. The van der Waals surface area contributed by atoms with Crippen molar-refractivity contribution in [1.29, 1.82) is 0 Å². The van der Waals surface area contributed by atoms with E-state index in [0.717, 1.165) is 0 Å². The Kier molecular flexibility index (Phi) is 5.94. The smallest absolute Gasteiger partial charge is 0.434 e. The zero-order valence-corrected chi connectivity index (χ0v) is 13.4. The maximum absolute atomic E-state index is 11.9. The number of carbonyl (C=O) groups excluding carboxylic acids is 3. The molecule has 2 rings (SSSR count). The van der Waals surface area contributed by atoms with Crippen LogP contribution in [-0.2, 0) is 4.74 Å². The highest BCUT2D eigenvalue weighted by Gasteiger charge is 2.07. The molecule has 0 atom stereocenters. The molecule has 130 valence electrons. The summed E-state index contributed by atoms with van der Waals surface area (Å²) in [6.45, 7) is 1.90. The summed E-state index contributed by atoms with van der Waals surface area (Å²) in [5, 5.41) is 5.23. The van der Waals surface area contributed by atoms with Gasteiger partial charge in [-0.2, -0.15) is 0 Å². The minimum absolute atomic E-state index is 0.221. The monoisotopic (exact) mass is 343 g/mol. The van der Waals surface area contributed by atoms with Crippen LogP contribution in [0.15, 0.2) is 48.5 Å². The molecule has 8 heteroatoms. The van der Waals surface area contributed by atoms with Crippen LogP contribution in [0.3, 0.4) is 0 Å². The third-order valence-electron chi connectivity index (χ3n) is 3.00. The van der Waals surface area contributed by atoms with Crippen LogP contribution in [0.1, 0.15) is 17.3 Å². The Hall–Kier alpha value is -3.55. The zero-order valence-electron chi connectivity index (χ0n) is 13.4. The second kappa shape index (κ2) is 8.34. The maximum atomic E-state index is 11.9. The van der Waals surface area contributed by atoms with Gasteiger partial charge in [-0.25, -0.2) is 9.59 Å². The number of anilines is 2. The van der Waals surface area contributed by atoms with Gasteiger partial charge in [0.25, 0.3) is 0 Å². The summed E-state index contributed by atoms with van der Waals surface area (Å²) in [5.41, 5.74) is 6.51. The molecule has 8 nitrogen and oxygen atoms in total. The van der Waals surface area contributed by atoms with E-state index in [0.29, 0.717) is 22.7 Å². The zero-order chi connectivity index (χ0) is 18.2. The van der Waals surface area contributed by atoms with Crippen LogP contribution in [-0.4, -0.2) is 24.7 Å². The average Bonchev–Trinajstić information content (AvgIpc) is 2.57. The van der Waals surface area contributed by atoms with Crippen LogP contribution in [0.4, 0.5) is 21.0 Å². The Morgan fingerprint density at radius 2 is 1.44 bits per heavy atom. The molecule has 4 N–H and O–H groups in total. The van der Waals surface area contributed by atoms with Crippen molar-refractivity contribution in [3.63, 3.8) is 0 Å². The number of nitrogens with two attached hydrogens (primary N) is 1. The van der Waals surface area contributed by atoms with Crippen LogP contribution in [0.25, 0.3) is 0 Å². The van der Waals surface area contributed by atoms with E-state index in [2.05, 4.69) is 15.4 Å². The van der Waals surface area contributed by atoms with Gasteiger partial charge in [-0.3, -0.25) is 4.79 Å². The van der Waals surface area contributed by atoms with E-state index in [4.69, 9.17) is 10.5 Å². The summed E-state index contributed by atoms with van der Waals surface area (Å²) in [4.78, 5) is 34.1. The third-order valence-corrected chi connectivity index (χ3v) is 3.00. The molecule has 0 aromatic heterocycles. The van der Waals surface area contributed by atoms with Gasteiger partial charge in [-0.05, 0) is 55.5 Å². The topological polar surface area (TPSA) is 120 Å². The molecule has 0 saturated heterocycles.